The van der Waals surface area contributed by atoms with Crippen molar-refractivity contribution in [3.63, 3.8) is 0 Å². The van der Waals surface area contributed by atoms with E-state index in [1.807, 2.05) is 4.90 Å². The largest absolute Gasteiger partial charge is 0.478 e. The molecule has 0 saturated carbocycles. The van der Waals surface area contributed by atoms with Gasteiger partial charge in [-0.3, -0.25) is 4.79 Å². The highest BCUT2D eigenvalue weighted by molar-refractivity contribution is 5.89. The summed E-state index contributed by atoms with van der Waals surface area (Å²) >= 11 is 0. The lowest BCUT2D eigenvalue weighted by molar-refractivity contribution is -0.132. The number of aryl methyl sites for hydroxylation is 2. The number of rotatable bonds is 5. The molecule has 1 aliphatic heterocycles. The van der Waals surface area contributed by atoms with Crippen molar-refractivity contribution in [3.05, 3.63) is 47.1 Å². The topological polar surface area (TPSA) is 96.5 Å². The minimum Gasteiger partial charge on any atom is -0.478 e. The van der Waals surface area contributed by atoms with Gasteiger partial charge in [0.2, 0.25) is 11.8 Å². The third kappa shape index (κ3) is 4.04. The van der Waals surface area contributed by atoms with Crippen molar-refractivity contribution in [2.24, 2.45) is 0 Å². The number of carboxylic acids is 1. The van der Waals surface area contributed by atoms with Gasteiger partial charge >= 0.3 is 5.97 Å². The Hall–Kier alpha value is -2.70. The number of piperidine rings is 1. The van der Waals surface area contributed by atoms with Gasteiger partial charge in [-0.05, 0) is 37.8 Å². The van der Waals surface area contributed by atoms with Crippen LogP contribution in [-0.4, -0.2) is 45.1 Å². The van der Waals surface area contributed by atoms with Crippen LogP contribution in [0.3, 0.4) is 0 Å². The SMILES string of the molecule is Cc1noc(C2CCCN(C(=O)CCc3ccccc3C(=O)O)C2)n1. The number of hydrogen-bond donors (Lipinski definition) is 1. The number of likely N-dealkylation sites (tertiary alicyclic amines) is 1. The number of hydrogen-bond acceptors (Lipinski definition) is 5. The van der Waals surface area contributed by atoms with Crippen molar-refractivity contribution in [2.75, 3.05) is 13.1 Å². The molecule has 3 rings (SSSR count). The minimum absolute atomic E-state index is 0.0288. The number of carbonyl (C=O) groups excluding carboxylic acids is 1. The molecule has 0 radical (unpaired) electrons. The van der Waals surface area contributed by atoms with Gasteiger partial charge in [0.05, 0.1) is 11.5 Å². The van der Waals surface area contributed by atoms with Crippen LogP contribution in [0.4, 0.5) is 0 Å². The molecule has 2 heterocycles. The fraction of sp³-hybridized carbons (Fsp3) is 0.444. The Morgan fingerprint density at radius 2 is 2.16 bits per heavy atom. The maximum atomic E-state index is 12.5. The maximum Gasteiger partial charge on any atom is 0.335 e. The molecular formula is C18H21N3O4. The van der Waals surface area contributed by atoms with Crippen LogP contribution in [0.5, 0.6) is 0 Å². The Balaban J connectivity index is 1.61. The van der Waals surface area contributed by atoms with E-state index in [1.165, 1.54) is 0 Å². The molecule has 2 aromatic rings. The van der Waals surface area contributed by atoms with E-state index in [9.17, 15) is 14.7 Å². The molecular weight excluding hydrogens is 322 g/mol. The van der Waals surface area contributed by atoms with Gasteiger partial charge in [0.15, 0.2) is 5.82 Å². The number of aromatic nitrogens is 2. The van der Waals surface area contributed by atoms with E-state index in [0.717, 1.165) is 12.8 Å². The lowest BCUT2D eigenvalue weighted by atomic mass is 9.97. The van der Waals surface area contributed by atoms with Gasteiger partial charge in [-0.25, -0.2) is 4.79 Å². The zero-order chi connectivity index (χ0) is 17.8. The third-order valence-electron chi connectivity index (χ3n) is 4.52. The van der Waals surface area contributed by atoms with Crippen LogP contribution in [0, 0.1) is 6.92 Å². The van der Waals surface area contributed by atoms with Crippen LogP contribution in [0.1, 0.15) is 52.8 Å². The van der Waals surface area contributed by atoms with Gasteiger partial charge in [0.1, 0.15) is 0 Å². The van der Waals surface area contributed by atoms with Gasteiger partial charge in [0.25, 0.3) is 0 Å². The number of amides is 1. The zero-order valence-electron chi connectivity index (χ0n) is 14.1. The van der Waals surface area contributed by atoms with Crippen molar-refractivity contribution in [3.8, 4) is 0 Å². The third-order valence-corrected chi connectivity index (χ3v) is 4.52. The Morgan fingerprint density at radius 1 is 1.36 bits per heavy atom. The van der Waals surface area contributed by atoms with Crippen LogP contribution < -0.4 is 0 Å². The summed E-state index contributed by atoms with van der Waals surface area (Å²) in [6, 6.07) is 6.81. The van der Waals surface area contributed by atoms with E-state index in [0.29, 0.717) is 43.2 Å². The minimum atomic E-state index is -0.965. The second kappa shape index (κ2) is 7.46. The van der Waals surface area contributed by atoms with Crippen molar-refractivity contribution >= 4 is 11.9 Å². The summed E-state index contributed by atoms with van der Waals surface area (Å²) in [6.07, 6.45) is 2.53. The molecule has 7 nitrogen and oxygen atoms in total. The molecule has 25 heavy (non-hydrogen) atoms. The van der Waals surface area contributed by atoms with Gasteiger partial charge in [-0.15, -0.1) is 0 Å². The first-order chi connectivity index (χ1) is 12.0. The molecule has 1 aliphatic rings. The highest BCUT2D eigenvalue weighted by Gasteiger charge is 2.28. The average Bonchev–Trinajstić information content (AvgIpc) is 3.06. The fourth-order valence-corrected chi connectivity index (χ4v) is 3.23. The lowest BCUT2D eigenvalue weighted by Crippen LogP contribution is -2.39. The number of nitrogens with zero attached hydrogens (tertiary/aromatic N) is 3. The van der Waals surface area contributed by atoms with Crippen molar-refractivity contribution in [1.29, 1.82) is 0 Å². The van der Waals surface area contributed by atoms with Gasteiger partial charge < -0.3 is 14.5 Å². The van der Waals surface area contributed by atoms with Gasteiger partial charge in [-0.1, -0.05) is 23.4 Å². The summed E-state index contributed by atoms with van der Waals surface area (Å²) in [5.74, 6) is 0.328. The number of carbonyl (C=O) groups is 2. The van der Waals surface area contributed by atoms with Crippen molar-refractivity contribution in [2.45, 2.75) is 38.5 Å². The number of aromatic carboxylic acids is 1. The first-order valence-electron chi connectivity index (χ1n) is 8.44. The standard InChI is InChI=1S/C18H21N3O4/c1-12-19-17(25-20-12)14-6-4-10-21(11-14)16(22)9-8-13-5-2-3-7-15(13)18(23)24/h2-3,5,7,14H,4,6,8-11H2,1H3,(H,23,24). The quantitative estimate of drug-likeness (QED) is 0.895. The second-order valence-electron chi connectivity index (χ2n) is 6.32. The van der Waals surface area contributed by atoms with Crippen LogP contribution in [-0.2, 0) is 11.2 Å². The van der Waals surface area contributed by atoms with Gasteiger partial charge in [0, 0.05) is 19.5 Å². The molecule has 1 atom stereocenters. The van der Waals surface area contributed by atoms with E-state index in [-0.39, 0.29) is 17.4 Å². The normalized spacial score (nSPS) is 17.5. The zero-order valence-corrected chi connectivity index (χ0v) is 14.1. The Labute approximate surface area is 145 Å². The molecule has 0 spiro atoms. The average molecular weight is 343 g/mol. The molecule has 132 valence electrons. The first-order valence-corrected chi connectivity index (χ1v) is 8.44. The van der Waals surface area contributed by atoms with Crippen molar-refractivity contribution in [1.82, 2.24) is 15.0 Å². The highest BCUT2D eigenvalue weighted by Crippen LogP contribution is 2.26. The molecule has 0 aliphatic carbocycles. The molecule has 1 aromatic carbocycles. The molecule has 1 saturated heterocycles. The molecule has 1 N–H and O–H groups in total. The second-order valence-corrected chi connectivity index (χ2v) is 6.32. The van der Waals surface area contributed by atoms with E-state index in [2.05, 4.69) is 10.1 Å². The predicted octanol–water partition coefficient (Wildman–Crippen LogP) is 2.42. The predicted molar refractivity (Wildman–Crippen MR) is 89.3 cm³/mol. The summed E-state index contributed by atoms with van der Waals surface area (Å²) in [7, 11) is 0. The molecule has 1 fully saturated rings. The van der Waals surface area contributed by atoms with E-state index in [4.69, 9.17) is 4.52 Å². The van der Waals surface area contributed by atoms with E-state index in [1.54, 1.807) is 31.2 Å². The molecule has 0 bridgehead atoms. The first kappa shape index (κ1) is 17.1. The molecule has 1 unspecified atom stereocenters. The summed E-state index contributed by atoms with van der Waals surface area (Å²) in [6.45, 7) is 3.06. The van der Waals surface area contributed by atoms with E-state index < -0.39 is 5.97 Å². The monoisotopic (exact) mass is 343 g/mol. The number of benzene rings is 1. The molecule has 7 heteroatoms. The highest BCUT2D eigenvalue weighted by atomic mass is 16.5. The van der Waals surface area contributed by atoms with E-state index >= 15 is 0 Å². The Bertz CT molecular complexity index is 771. The Morgan fingerprint density at radius 3 is 2.88 bits per heavy atom. The van der Waals surface area contributed by atoms with Crippen LogP contribution in [0.2, 0.25) is 0 Å². The van der Waals surface area contributed by atoms with Crippen LogP contribution >= 0.6 is 0 Å². The summed E-state index contributed by atoms with van der Waals surface area (Å²) in [4.78, 5) is 29.9. The Kier molecular flexibility index (Phi) is 5.11. The van der Waals surface area contributed by atoms with Crippen LogP contribution in [0.25, 0.3) is 0 Å². The lowest BCUT2D eigenvalue weighted by Gasteiger charge is -2.31. The smallest absolute Gasteiger partial charge is 0.335 e. The summed E-state index contributed by atoms with van der Waals surface area (Å²) in [5, 5.41) is 13.0. The molecule has 1 aromatic heterocycles. The molecule has 1 amide bonds. The van der Waals surface area contributed by atoms with Crippen molar-refractivity contribution < 1.29 is 19.2 Å². The summed E-state index contributed by atoms with van der Waals surface area (Å²) in [5.41, 5.74) is 0.942. The van der Waals surface area contributed by atoms with Gasteiger partial charge in [-0.2, -0.15) is 4.98 Å². The van der Waals surface area contributed by atoms with Crippen LogP contribution in [0.15, 0.2) is 28.8 Å². The fourth-order valence-electron chi connectivity index (χ4n) is 3.23. The number of carboxylic acid groups (broad SMARTS) is 1. The summed E-state index contributed by atoms with van der Waals surface area (Å²) < 4.78 is 5.24. The maximum absolute atomic E-state index is 12.5.